The Morgan fingerprint density at radius 1 is 1.12 bits per heavy atom. The summed E-state index contributed by atoms with van der Waals surface area (Å²) in [6.07, 6.45) is 1.95. The number of nitrogens with one attached hydrogen (secondary N) is 1. The molecule has 6 heteroatoms. The highest BCUT2D eigenvalue weighted by Gasteiger charge is 2.14. The maximum Gasteiger partial charge on any atom is 0.259 e. The third-order valence-corrected chi connectivity index (χ3v) is 4.23. The first-order valence-corrected chi connectivity index (χ1v) is 9.27. The molecule has 2 rings (SSSR count). The minimum Gasteiger partial charge on any atom is -0.493 e. The molecule has 0 aliphatic heterocycles. The number of unbranched alkanes of at least 4 members (excludes halogenated alkanes) is 1. The molecule has 2 aromatic carbocycles. The number of carbonyl (C=O) groups excluding carboxylic acids is 2. The lowest BCUT2D eigenvalue weighted by Gasteiger charge is -2.13. The first-order valence-electron chi connectivity index (χ1n) is 8.47. The van der Waals surface area contributed by atoms with Crippen molar-refractivity contribution in [3.8, 4) is 5.75 Å². The van der Waals surface area contributed by atoms with E-state index >= 15 is 0 Å². The van der Waals surface area contributed by atoms with E-state index in [0.717, 1.165) is 17.3 Å². The second-order valence-electron chi connectivity index (χ2n) is 6.07. The normalized spacial score (nSPS) is 10.3. The predicted molar refractivity (Wildman–Crippen MR) is 107 cm³/mol. The van der Waals surface area contributed by atoms with Crippen molar-refractivity contribution in [3.05, 3.63) is 58.1 Å². The Morgan fingerprint density at radius 3 is 2.42 bits per heavy atom. The number of benzene rings is 2. The van der Waals surface area contributed by atoms with Gasteiger partial charge in [-0.2, -0.15) is 0 Å². The maximum absolute atomic E-state index is 12.7. The van der Waals surface area contributed by atoms with Crippen molar-refractivity contribution in [1.29, 1.82) is 0 Å². The number of halogens is 1. The van der Waals surface area contributed by atoms with E-state index in [1.807, 2.05) is 6.07 Å². The molecule has 2 amide bonds. The second kappa shape index (κ2) is 9.38. The Morgan fingerprint density at radius 2 is 1.81 bits per heavy atom. The smallest absolute Gasteiger partial charge is 0.259 e. The van der Waals surface area contributed by atoms with Crippen molar-refractivity contribution in [2.24, 2.45) is 0 Å². The van der Waals surface area contributed by atoms with Crippen LogP contribution in [0.15, 0.2) is 46.9 Å². The topological polar surface area (TPSA) is 58.6 Å². The average molecular weight is 419 g/mol. The van der Waals surface area contributed by atoms with Crippen molar-refractivity contribution >= 4 is 33.4 Å². The first-order chi connectivity index (χ1) is 12.4. The molecule has 0 bridgehead atoms. The standard InChI is InChI=1S/C20H23BrN2O3/c1-4-5-12-26-18-11-8-15(21)13-17(18)19(24)22-16-9-6-14(7-10-16)20(25)23(2)3/h6-11,13H,4-5,12H2,1-3H3,(H,22,24). The quantitative estimate of drug-likeness (QED) is 0.669. The summed E-state index contributed by atoms with van der Waals surface area (Å²) >= 11 is 3.39. The Bertz CT molecular complexity index is 773. The highest BCUT2D eigenvalue weighted by Crippen LogP contribution is 2.25. The lowest BCUT2D eigenvalue weighted by atomic mass is 10.1. The van der Waals surface area contributed by atoms with Gasteiger partial charge in [0.2, 0.25) is 0 Å². The molecule has 5 nitrogen and oxygen atoms in total. The van der Waals surface area contributed by atoms with Gasteiger partial charge in [0.05, 0.1) is 12.2 Å². The molecule has 0 spiro atoms. The number of hydrogen-bond acceptors (Lipinski definition) is 3. The zero-order chi connectivity index (χ0) is 19.1. The molecule has 0 aliphatic rings. The van der Waals surface area contributed by atoms with Crippen LogP contribution in [0.2, 0.25) is 0 Å². The second-order valence-corrected chi connectivity index (χ2v) is 6.99. The van der Waals surface area contributed by atoms with Gasteiger partial charge in [-0.3, -0.25) is 9.59 Å². The molecule has 138 valence electrons. The zero-order valence-corrected chi connectivity index (χ0v) is 16.8. The molecular formula is C20H23BrN2O3. The summed E-state index contributed by atoms with van der Waals surface area (Å²) in [6.45, 7) is 2.66. The summed E-state index contributed by atoms with van der Waals surface area (Å²) in [5.41, 5.74) is 1.65. The third kappa shape index (κ3) is 5.33. The lowest BCUT2D eigenvalue weighted by Crippen LogP contribution is -2.21. The van der Waals surface area contributed by atoms with Gasteiger partial charge in [-0.1, -0.05) is 29.3 Å². The monoisotopic (exact) mass is 418 g/mol. The average Bonchev–Trinajstić information content (AvgIpc) is 2.63. The molecule has 0 atom stereocenters. The highest BCUT2D eigenvalue weighted by molar-refractivity contribution is 9.10. The molecule has 0 fully saturated rings. The highest BCUT2D eigenvalue weighted by atomic mass is 79.9. The molecule has 0 saturated carbocycles. The van der Waals surface area contributed by atoms with E-state index in [0.29, 0.717) is 29.2 Å². The van der Waals surface area contributed by atoms with Crippen LogP contribution in [0.25, 0.3) is 0 Å². The largest absolute Gasteiger partial charge is 0.493 e. The van der Waals surface area contributed by atoms with E-state index in [1.165, 1.54) is 4.90 Å². The molecule has 1 N–H and O–H groups in total. The molecule has 2 aromatic rings. The molecule has 0 heterocycles. The summed E-state index contributed by atoms with van der Waals surface area (Å²) in [7, 11) is 3.40. The molecule has 0 aliphatic carbocycles. The number of hydrogen-bond donors (Lipinski definition) is 1. The van der Waals surface area contributed by atoms with E-state index in [2.05, 4.69) is 28.2 Å². The summed E-state index contributed by atoms with van der Waals surface area (Å²) < 4.78 is 6.54. The van der Waals surface area contributed by atoms with E-state index < -0.39 is 0 Å². The Labute approximate surface area is 162 Å². The first kappa shape index (κ1) is 20.0. The molecule has 0 aromatic heterocycles. The maximum atomic E-state index is 12.7. The zero-order valence-electron chi connectivity index (χ0n) is 15.2. The third-order valence-electron chi connectivity index (χ3n) is 3.74. The van der Waals surface area contributed by atoms with E-state index in [9.17, 15) is 9.59 Å². The van der Waals surface area contributed by atoms with Gasteiger partial charge < -0.3 is 15.0 Å². The molecule has 0 radical (unpaired) electrons. The van der Waals surface area contributed by atoms with Gasteiger partial charge in [-0.05, 0) is 48.9 Å². The van der Waals surface area contributed by atoms with Crippen LogP contribution >= 0.6 is 15.9 Å². The van der Waals surface area contributed by atoms with Crippen LogP contribution < -0.4 is 10.1 Å². The van der Waals surface area contributed by atoms with Crippen molar-refractivity contribution in [2.75, 3.05) is 26.0 Å². The van der Waals surface area contributed by atoms with Crippen molar-refractivity contribution in [3.63, 3.8) is 0 Å². The summed E-state index contributed by atoms with van der Waals surface area (Å²) in [4.78, 5) is 26.1. The van der Waals surface area contributed by atoms with Gasteiger partial charge in [-0.25, -0.2) is 0 Å². The van der Waals surface area contributed by atoms with Crippen LogP contribution in [0.5, 0.6) is 5.75 Å². The van der Waals surface area contributed by atoms with Gasteiger partial charge in [0.1, 0.15) is 5.75 Å². The fourth-order valence-corrected chi connectivity index (χ4v) is 2.65. The number of ether oxygens (including phenoxy) is 1. The molecule has 0 saturated heterocycles. The number of nitrogens with zero attached hydrogens (tertiary/aromatic N) is 1. The van der Waals surface area contributed by atoms with E-state index in [-0.39, 0.29) is 11.8 Å². The van der Waals surface area contributed by atoms with Crippen LogP contribution in [-0.4, -0.2) is 37.4 Å². The van der Waals surface area contributed by atoms with Gasteiger partial charge in [0.15, 0.2) is 0 Å². The van der Waals surface area contributed by atoms with Gasteiger partial charge >= 0.3 is 0 Å². The number of rotatable bonds is 7. The van der Waals surface area contributed by atoms with E-state index in [4.69, 9.17) is 4.74 Å². The van der Waals surface area contributed by atoms with Crippen LogP contribution in [0, 0.1) is 0 Å². The van der Waals surface area contributed by atoms with Gasteiger partial charge in [0.25, 0.3) is 11.8 Å². The summed E-state index contributed by atoms with van der Waals surface area (Å²) in [6, 6.07) is 12.2. The Hall–Kier alpha value is -2.34. The van der Waals surface area contributed by atoms with Gasteiger partial charge in [0, 0.05) is 29.8 Å². The van der Waals surface area contributed by atoms with E-state index in [1.54, 1.807) is 50.5 Å². The Kier molecular flexibility index (Phi) is 7.21. The number of amides is 2. The molecule has 26 heavy (non-hydrogen) atoms. The number of carbonyl (C=O) groups is 2. The summed E-state index contributed by atoms with van der Waals surface area (Å²) in [5, 5.41) is 2.85. The predicted octanol–water partition coefficient (Wildman–Crippen LogP) is 4.58. The van der Waals surface area contributed by atoms with Crippen molar-refractivity contribution in [2.45, 2.75) is 19.8 Å². The fraction of sp³-hybridized carbons (Fsp3) is 0.300. The van der Waals surface area contributed by atoms with Crippen LogP contribution in [0.3, 0.4) is 0 Å². The number of anilines is 1. The fourth-order valence-electron chi connectivity index (χ4n) is 2.28. The van der Waals surface area contributed by atoms with Crippen LogP contribution in [0.4, 0.5) is 5.69 Å². The lowest BCUT2D eigenvalue weighted by molar-refractivity contribution is 0.0827. The minimum absolute atomic E-state index is 0.0820. The molecule has 0 unspecified atom stereocenters. The SMILES string of the molecule is CCCCOc1ccc(Br)cc1C(=O)Nc1ccc(C(=O)N(C)C)cc1. The van der Waals surface area contributed by atoms with Crippen LogP contribution in [0.1, 0.15) is 40.5 Å². The van der Waals surface area contributed by atoms with Gasteiger partial charge in [-0.15, -0.1) is 0 Å². The van der Waals surface area contributed by atoms with Crippen molar-refractivity contribution in [1.82, 2.24) is 4.90 Å². The summed E-state index contributed by atoms with van der Waals surface area (Å²) in [5.74, 6) is 0.213. The molecular weight excluding hydrogens is 396 g/mol. The minimum atomic E-state index is -0.260. The van der Waals surface area contributed by atoms with Crippen LogP contribution in [-0.2, 0) is 0 Å². The van der Waals surface area contributed by atoms with Crippen molar-refractivity contribution < 1.29 is 14.3 Å². The Balaban J connectivity index is 2.14.